The largest absolute Gasteiger partial charge is 0.437 e. The van der Waals surface area contributed by atoms with Crippen molar-refractivity contribution in [1.82, 2.24) is 10.2 Å². The molecule has 1 heterocycles. The predicted octanol–water partition coefficient (Wildman–Crippen LogP) is 0.856. The SMILES string of the molecule is N/C(=N/O)c1ccnnc1Oc1ccccc1CO. The summed E-state index contributed by atoms with van der Waals surface area (Å²) in [4.78, 5) is 0. The second-order valence-corrected chi connectivity index (χ2v) is 3.60. The molecule has 0 saturated carbocycles. The molecule has 0 fully saturated rings. The minimum Gasteiger partial charge on any atom is -0.437 e. The van der Waals surface area contributed by atoms with E-state index in [1.54, 1.807) is 24.3 Å². The molecular weight excluding hydrogens is 248 g/mol. The molecule has 19 heavy (non-hydrogen) atoms. The van der Waals surface area contributed by atoms with Gasteiger partial charge in [0, 0.05) is 5.56 Å². The second kappa shape index (κ2) is 5.78. The van der Waals surface area contributed by atoms with Crippen LogP contribution in [0.25, 0.3) is 0 Å². The van der Waals surface area contributed by atoms with Gasteiger partial charge in [0.05, 0.1) is 18.4 Å². The molecule has 0 radical (unpaired) electrons. The Morgan fingerprint density at radius 2 is 2.11 bits per heavy atom. The minimum absolute atomic E-state index is 0.0960. The Morgan fingerprint density at radius 3 is 2.84 bits per heavy atom. The van der Waals surface area contributed by atoms with E-state index in [0.29, 0.717) is 16.9 Å². The Bertz CT molecular complexity index is 601. The maximum absolute atomic E-state index is 9.22. The first kappa shape index (κ1) is 12.8. The second-order valence-electron chi connectivity index (χ2n) is 3.60. The molecule has 0 spiro atoms. The fraction of sp³-hybridized carbons (Fsp3) is 0.0833. The normalized spacial score (nSPS) is 11.3. The first-order valence-corrected chi connectivity index (χ1v) is 5.42. The van der Waals surface area contributed by atoms with E-state index < -0.39 is 0 Å². The number of benzene rings is 1. The monoisotopic (exact) mass is 260 g/mol. The molecule has 7 nitrogen and oxygen atoms in total. The molecule has 0 bridgehead atoms. The van der Waals surface area contributed by atoms with Crippen LogP contribution >= 0.6 is 0 Å². The number of aliphatic hydroxyl groups excluding tert-OH is 1. The number of ether oxygens (including phenoxy) is 1. The third kappa shape index (κ3) is 2.78. The van der Waals surface area contributed by atoms with Crippen LogP contribution in [0, 0.1) is 0 Å². The highest BCUT2D eigenvalue weighted by molar-refractivity contribution is 5.98. The fourth-order valence-corrected chi connectivity index (χ4v) is 1.48. The van der Waals surface area contributed by atoms with Crippen molar-refractivity contribution in [3.63, 3.8) is 0 Å². The molecule has 0 saturated heterocycles. The van der Waals surface area contributed by atoms with E-state index in [-0.39, 0.29) is 18.3 Å². The van der Waals surface area contributed by atoms with Crippen LogP contribution in [0.5, 0.6) is 11.6 Å². The van der Waals surface area contributed by atoms with Gasteiger partial charge in [0.2, 0.25) is 5.88 Å². The molecule has 0 amide bonds. The Labute approximate surface area is 109 Å². The first-order chi connectivity index (χ1) is 9.26. The maximum Gasteiger partial charge on any atom is 0.250 e. The molecule has 98 valence electrons. The van der Waals surface area contributed by atoms with Crippen LogP contribution in [-0.4, -0.2) is 26.3 Å². The van der Waals surface area contributed by atoms with E-state index in [9.17, 15) is 5.11 Å². The highest BCUT2D eigenvalue weighted by Gasteiger charge is 2.12. The van der Waals surface area contributed by atoms with Gasteiger partial charge < -0.3 is 20.8 Å². The molecule has 2 aromatic rings. The summed E-state index contributed by atoms with van der Waals surface area (Å²) in [6.45, 7) is -0.171. The van der Waals surface area contributed by atoms with Crippen molar-refractivity contribution < 1.29 is 15.1 Å². The smallest absolute Gasteiger partial charge is 0.250 e. The van der Waals surface area contributed by atoms with Crippen LogP contribution in [-0.2, 0) is 6.61 Å². The number of aliphatic hydroxyl groups is 1. The van der Waals surface area contributed by atoms with Crippen molar-refractivity contribution in [1.29, 1.82) is 0 Å². The number of aromatic nitrogens is 2. The zero-order valence-corrected chi connectivity index (χ0v) is 9.89. The van der Waals surface area contributed by atoms with Gasteiger partial charge in [-0.3, -0.25) is 0 Å². The van der Waals surface area contributed by atoms with Gasteiger partial charge in [-0.05, 0) is 12.1 Å². The molecule has 4 N–H and O–H groups in total. The number of oxime groups is 1. The highest BCUT2D eigenvalue weighted by atomic mass is 16.5. The topological polar surface area (TPSA) is 114 Å². The molecule has 0 aliphatic rings. The number of hydrogen-bond acceptors (Lipinski definition) is 6. The Kier molecular flexibility index (Phi) is 3.89. The van der Waals surface area contributed by atoms with Crippen LogP contribution in [0.15, 0.2) is 41.7 Å². The van der Waals surface area contributed by atoms with E-state index >= 15 is 0 Å². The number of hydrogen-bond donors (Lipinski definition) is 3. The molecule has 0 aliphatic carbocycles. The number of nitrogens with zero attached hydrogens (tertiary/aromatic N) is 3. The quantitative estimate of drug-likeness (QED) is 0.325. The highest BCUT2D eigenvalue weighted by Crippen LogP contribution is 2.25. The van der Waals surface area contributed by atoms with Gasteiger partial charge in [-0.15, -0.1) is 5.10 Å². The Morgan fingerprint density at radius 1 is 1.32 bits per heavy atom. The number of para-hydroxylation sites is 1. The third-order valence-electron chi connectivity index (χ3n) is 2.42. The summed E-state index contributed by atoms with van der Waals surface area (Å²) in [5, 5.41) is 28.3. The van der Waals surface area contributed by atoms with Gasteiger partial charge >= 0.3 is 0 Å². The lowest BCUT2D eigenvalue weighted by molar-refractivity contribution is 0.276. The molecule has 1 aromatic heterocycles. The van der Waals surface area contributed by atoms with Crippen molar-refractivity contribution in [2.45, 2.75) is 6.61 Å². The minimum atomic E-state index is -0.171. The molecular formula is C12H12N4O3. The Hall–Kier alpha value is -2.67. The molecule has 1 aromatic carbocycles. The van der Waals surface area contributed by atoms with Gasteiger partial charge in [-0.1, -0.05) is 23.4 Å². The fourth-order valence-electron chi connectivity index (χ4n) is 1.48. The molecule has 0 unspecified atom stereocenters. The summed E-state index contributed by atoms with van der Waals surface area (Å²) in [6.07, 6.45) is 1.40. The van der Waals surface area contributed by atoms with Crippen LogP contribution in [0.3, 0.4) is 0 Å². The van der Waals surface area contributed by atoms with E-state index in [2.05, 4.69) is 15.4 Å². The van der Waals surface area contributed by atoms with Crippen molar-refractivity contribution >= 4 is 5.84 Å². The average molecular weight is 260 g/mol. The van der Waals surface area contributed by atoms with E-state index in [1.165, 1.54) is 12.3 Å². The number of nitrogens with two attached hydrogens (primary N) is 1. The predicted molar refractivity (Wildman–Crippen MR) is 67.0 cm³/mol. The van der Waals surface area contributed by atoms with E-state index in [4.69, 9.17) is 15.7 Å². The maximum atomic E-state index is 9.22. The zero-order chi connectivity index (χ0) is 13.7. The standard InChI is InChI=1S/C12H12N4O3/c13-11(16-18)9-5-6-14-15-12(9)19-10-4-2-1-3-8(10)7-17/h1-6,17-18H,7H2,(H2,13,16). The number of amidine groups is 1. The Balaban J connectivity index is 2.39. The lowest BCUT2D eigenvalue weighted by atomic mass is 10.2. The molecule has 0 aliphatic heterocycles. The van der Waals surface area contributed by atoms with Crippen LogP contribution in [0.1, 0.15) is 11.1 Å². The summed E-state index contributed by atoms with van der Waals surface area (Å²) in [7, 11) is 0. The van der Waals surface area contributed by atoms with Crippen LogP contribution in [0.2, 0.25) is 0 Å². The average Bonchev–Trinajstić information content (AvgIpc) is 2.47. The van der Waals surface area contributed by atoms with Crippen molar-refractivity contribution in [2.75, 3.05) is 0 Å². The van der Waals surface area contributed by atoms with Gasteiger partial charge in [0.25, 0.3) is 0 Å². The molecule has 7 heteroatoms. The van der Waals surface area contributed by atoms with Crippen LogP contribution in [0.4, 0.5) is 0 Å². The molecule has 2 rings (SSSR count). The van der Waals surface area contributed by atoms with Crippen molar-refractivity contribution in [3.8, 4) is 11.6 Å². The van der Waals surface area contributed by atoms with E-state index in [1.807, 2.05) is 0 Å². The lowest BCUT2D eigenvalue weighted by Crippen LogP contribution is -2.15. The third-order valence-corrected chi connectivity index (χ3v) is 2.42. The van der Waals surface area contributed by atoms with Gasteiger partial charge in [0.1, 0.15) is 5.75 Å². The van der Waals surface area contributed by atoms with Gasteiger partial charge in [-0.25, -0.2) is 0 Å². The lowest BCUT2D eigenvalue weighted by Gasteiger charge is -2.10. The zero-order valence-electron chi connectivity index (χ0n) is 9.89. The van der Waals surface area contributed by atoms with Crippen molar-refractivity contribution in [2.24, 2.45) is 10.9 Å². The van der Waals surface area contributed by atoms with Gasteiger partial charge in [0.15, 0.2) is 5.84 Å². The molecule has 0 atom stereocenters. The summed E-state index contributed by atoms with van der Waals surface area (Å²) in [5.41, 5.74) is 6.43. The number of rotatable bonds is 4. The van der Waals surface area contributed by atoms with Gasteiger partial charge in [-0.2, -0.15) is 5.10 Å². The summed E-state index contributed by atoms with van der Waals surface area (Å²) >= 11 is 0. The first-order valence-electron chi connectivity index (χ1n) is 5.42. The van der Waals surface area contributed by atoms with Crippen molar-refractivity contribution in [3.05, 3.63) is 47.7 Å². The summed E-state index contributed by atoms with van der Waals surface area (Å²) in [5.74, 6) is 0.391. The van der Waals surface area contributed by atoms with Crippen LogP contribution < -0.4 is 10.5 Å². The van der Waals surface area contributed by atoms with E-state index in [0.717, 1.165) is 0 Å². The summed E-state index contributed by atoms with van der Waals surface area (Å²) < 4.78 is 5.55. The summed E-state index contributed by atoms with van der Waals surface area (Å²) in [6, 6.07) is 8.44.